The Morgan fingerprint density at radius 1 is 1.50 bits per heavy atom. The Bertz CT molecular complexity index is 387. The molecule has 0 aromatic heterocycles. The molecule has 0 heterocycles. The zero-order chi connectivity index (χ0) is 11.5. The Kier molecular flexibility index (Phi) is 3.36. The van der Waals surface area contributed by atoms with Crippen molar-refractivity contribution in [1.82, 2.24) is 0 Å². The fraction of sp³-hybridized carbons (Fsp3) is 0.462. The Labute approximate surface area is 95.0 Å². The molecule has 16 heavy (non-hydrogen) atoms. The largest absolute Gasteiger partial charge is 0.391 e. The highest BCUT2D eigenvalue weighted by Gasteiger charge is 2.31. The number of fused-ring (bicyclic) bond motifs is 1. The molecule has 0 saturated carbocycles. The van der Waals surface area contributed by atoms with Crippen LogP contribution in [-0.4, -0.2) is 30.7 Å². The van der Waals surface area contributed by atoms with Crippen LogP contribution >= 0.6 is 0 Å². The number of benzene rings is 1. The summed E-state index contributed by atoms with van der Waals surface area (Å²) in [7, 11) is 1.55. The number of hydrogen-bond donors (Lipinski definition) is 1. The highest BCUT2D eigenvalue weighted by Crippen LogP contribution is 2.29. The SMILES string of the molecule is COCC(O)CC1Cc2ccccc2C1=O. The molecule has 0 amide bonds. The first-order chi connectivity index (χ1) is 7.72. The van der Waals surface area contributed by atoms with Crippen LogP contribution in [0.2, 0.25) is 0 Å². The van der Waals surface area contributed by atoms with E-state index >= 15 is 0 Å². The van der Waals surface area contributed by atoms with Gasteiger partial charge in [-0.1, -0.05) is 24.3 Å². The topological polar surface area (TPSA) is 46.5 Å². The third-order valence-corrected chi connectivity index (χ3v) is 3.04. The van der Waals surface area contributed by atoms with Gasteiger partial charge >= 0.3 is 0 Å². The number of carbonyl (C=O) groups excluding carboxylic acids is 1. The number of hydrogen-bond acceptors (Lipinski definition) is 3. The number of Topliss-reactive ketones (excluding diaryl/α,β-unsaturated/α-hetero) is 1. The summed E-state index contributed by atoms with van der Waals surface area (Å²) in [5.74, 6) is 0.0771. The van der Waals surface area contributed by atoms with E-state index in [0.717, 1.165) is 17.5 Å². The van der Waals surface area contributed by atoms with Gasteiger partial charge in [0.2, 0.25) is 0 Å². The summed E-state index contributed by atoms with van der Waals surface area (Å²) < 4.78 is 4.86. The van der Waals surface area contributed by atoms with Gasteiger partial charge in [-0.15, -0.1) is 0 Å². The van der Waals surface area contributed by atoms with Gasteiger partial charge in [0.15, 0.2) is 5.78 Å². The van der Waals surface area contributed by atoms with Gasteiger partial charge in [0.05, 0.1) is 12.7 Å². The highest BCUT2D eigenvalue weighted by molar-refractivity contribution is 6.02. The van der Waals surface area contributed by atoms with Crippen LogP contribution in [0, 0.1) is 5.92 Å². The molecule has 1 N–H and O–H groups in total. The lowest BCUT2D eigenvalue weighted by molar-refractivity contribution is 0.0466. The number of rotatable bonds is 4. The van der Waals surface area contributed by atoms with Crippen LogP contribution in [0.4, 0.5) is 0 Å². The van der Waals surface area contributed by atoms with Crippen molar-refractivity contribution in [2.24, 2.45) is 5.92 Å². The quantitative estimate of drug-likeness (QED) is 0.835. The van der Waals surface area contributed by atoms with Crippen LogP contribution in [0.25, 0.3) is 0 Å². The zero-order valence-corrected chi connectivity index (χ0v) is 9.35. The molecule has 2 rings (SSSR count). The van der Waals surface area contributed by atoms with Crippen molar-refractivity contribution in [1.29, 1.82) is 0 Å². The first-order valence-electron chi connectivity index (χ1n) is 5.51. The molecule has 2 unspecified atom stereocenters. The Hall–Kier alpha value is -1.19. The number of methoxy groups -OCH3 is 1. The minimum atomic E-state index is -0.548. The average Bonchev–Trinajstić information content (AvgIpc) is 2.57. The predicted molar refractivity (Wildman–Crippen MR) is 60.5 cm³/mol. The van der Waals surface area contributed by atoms with Gasteiger partial charge in [0.1, 0.15) is 0 Å². The third kappa shape index (κ3) is 2.15. The van der Waals surface area contributed by atoms with E-state index in [4.69, 9.17) is 4.74 Å². The van der Waals surface area contributed by atoms with Gasteiger partial charge in [0.25, 0.3) is 0 Å². The molecular weight excluding hydrogens is 204 g/mol. The lowest BCUT2D eigenvalue weighted by Gasteiger charge is -2.13. The number of aliphatic hydroxyl groups is 1. The van der Waals surface area contributed by atoms with Gasteiger partial charge in [0, 0.05) is 18.6 Å². The van der Waals surface area contributed by atoms with Crippen molar-refractivity contribution >= 4 is 5.78 Å². The molecule has 0 saturated heterocycles. The second kappa shape index (κ2) is 4.76. The Morgan fingerprint density at radius 3 is 2.94 bits per heavy atom. The molecule has 0 radical (unpaired) electrons. The summed E-state index contributed by atoms with van der Waals surface area (Å²) in [6, 6.07) is 7.67. The van der Waals surface area contributed by atoms with E-state index in [1.54, 1.807) is 7.11 Å². The molecule has 3 heteroatoms. The molecule has 3 nitrogen and oxygen atoms in total. The number of aliphatic hydroxyl groups excluding tert-OH is 1. The van der Waals surface area contributed by atoms with Crippen molar-refractivity contribution in [3.8, 4) is 0 Å². The van der Waals surface area contributed by atoms with Crippen molar-refractivity contribution < 1.29 is 14.6 Å². The minimum absolute atomic E-state index is 0.0810. The van der Waals surface area contributed by atoms with Crippen molar-refractivity contribution in [3.63, 3.8) is 0 Å². The van der Waals surface area contributed by atoms with Crippen LogP contribution in [-0.2, 0) is 11.2 Å². The number of ether oxygens (including phenoxy) is 1. The molecule has 1 aromatic rings. The minimum Gasteiger partial charge on any atom is -0.391 e. The monoisotopic (exact) mass is 220 g/mol. The van der Waals surface area contributed by atoms with Crippen molar-refractivity contribution in [2.75, 3.05) is 13.7 Å². The smallest absolute Gasteiger partial charge is 0.166 e. The molecule has 86 valence electrons. The maximum atomic E-state index is 12.0. The molecule has 2 atom stereocenters. The fourth-order valence-electron chi connectivity index (χ4n) is 2.30. The van der Waals surface area contributed by atoms with Gasteiger partial charge in [-0.05, 0) is 18.4 Å². The molecule has 1 aliphatic carbocycles. The van der Waals surface area contributed by atoms with Crippen molar-refractivity contribution in [2.45, 2.75) is 18.9 Å². The van der Waals surface area contributed by atoms with Crippen LogP contribution in [0.1, 0.15) is 22.3 Å². The second-order valence-corrected chi connectivity index (χ2v) is 4.27. The summed E-state index contributed by atoms with van der Waals surface area (Å²) in [6.07, 6.45) is 0.685. The summed E-state index contributed by atoms with van der Waals surface area (Å²) >= 11 is 0. The fourth-order valence-corrected chi connectivity index (χ4v) is 2.30. The molecular formula is C13H16O3. The maximum absolute atomic E-state index is 12.0. The van der Waals surface area contributed by atoms with Gasteiger partial charge in [-0.25, -0.2) is 0 Å². The van der Waals surface area contributed by atoms with Crippen LogP contribution in [0.15, 0.2) is 24.3 Å². The van der Waals surface area contributed by atoms with Crippen LogP contribution < -0.4 is 0 Å². The summed E-state index contributed by atoms with van der Waals surface area (Å²) in [4.78, 5) is 12.0. The summed E-state index contributed by atoms with van der Waals surface area (Å²) in [5.41, 5.74) is 1.92. The van der Waals surface area contributed by atoms with E-state index in [0.29, 0.717) is 13.0 Å². The molecule has 0 aliphatic heterocycles. The first kappa shape index (κ1) is 11.3. The van der Waals surface area contributed by atoms with E-state index in [2.05, 4.69) is 0 Å². The summed E-state index contributed by atoms with van der Waals surface area (Å²) in [6.45, 7) is 0.292. The Morgan fingerprint density at radius 2 is 2.25 bits per heavy atom. The van der Waals surface area contributed by atoms with E-state index in [9.17, 15) is 9.90 Å². The van der Waals surface area contributed by atoms with Gasteiger partial charge < -0.3 is 9.84 Å². The molecule has 1 aliphatic rings. The number of carbonyl (C=O) groups is 1. The lowest BCUT2D eigenvalue weighted by atomic mass is 9.98. The van der Waals surface area contributed by atoms with E-state index in [1.807, 2.05) is 24.3 Å². The van der Waals surface area contributed by atoms with Gasteiger partial charge in [-0.3, -0.25) is 4.79 Å². The predicted octanol–water partition coefficient (Wildman–Crippen LogP) is 1.44. The third-order valence-electron chi connectivity index (χ3n) is 3.04. The lowest BCUT2D eigenvalue weighted by Crippen LogP contribution is -2.21. The average molecular weight is 220 g/mol. The van der Waals surface area contributed by atoms with Crippen LogP contribution in [0.5, 0.6) is 0 Å². The van der Waals surface area contributed by atoms with E-state index < -0.39 is 6.10 Å². The normalized spacial score (nSPS) is 20.9. The maximum Gasteiger partial charge on any atom is 0.166 e. The molecule has 0 fully saturated rings. The number of ketones is 1. The molecule has 0 bridgehead atoms. The van der Waals surface area contributed by atoms with Gasteiger partial charge in [-0.2, -0.15) is 0 Å². The highest BCUT2D eigenvalue weighted by atomic mass is 16.5. The van der Waals surface area contributed by atoms with E-state index in [-0.39, 0.29) is 11.7 Å². The standard InChI is InChI=1S/C13H16O3/c1-16-8-11(14)7-10-6-9-4-2-3-5-12(9)13(10)15/h2-5,10-11,14H,6-8H2,1H3. The molecule has 0 spiro atoms. The van der Waals surface area contributed by atoms with Crippen LogP contribution in [0.3, 0.4) is 0 Å². The zero-order valence-electron chi connectivity index (χ0n) is 9.35. The summed E-state index contributed by atoms with van der Waals surface area (Å²) in [5, 5.41) is 9.63. The van der Waals surface area contributed by atoms with Crippen molar-refractivity contribution in [3.05, 3.63) is 35.4 Å². The first-order valence-corrected chi connectivity index (χ1v) is 5.51. The molecule has 1 aromatic carbocycles. The van der Waals surface area contributed by atoms with E-state index in [1.165, 1.54) is 0 Å². The Balaban J connectivity index is 2.04. The second-order valence-electron chi connectivity index (χ2n) is 4.27.